The van der Waals surface area contributed by atoms with Crippen molar-refractivity contribution in [2.75, 3.05) is 6.54 Å². The molecule has 0 aliphatic carbocycles. The van der Waals surface area contributed by atoms with E-state index < -0.39 is 0 Å². The quantitative estimate of drug-likeness (QED) is 0.814. The van der Waals surface area contributed by atoms with E-state index >= 15 is 0 Å². The summed E-state index contributed by atoms with van der Waals surface area (Å²) < 4.78 is 11.5. The topological polar surface area (TPSA) is 34.4 Å². The van der Waals surface area contributed by atoms with Gasteiger partial charge in [-0.3, -0.25) is 0 Å². The van der Waals surface area contributed by atoms with Crippen LogP contribution >= 0.6 is 11.6 Å². The Kier molecular flexibility index (Phi) is 5.71. The van der Waals surface area contributed by atoms with Crippen molar-refractivity contribution in [3.05, 3.63) is 52.4 Å². The highest BCUT2D eigenvalue weighted by molar-refractivity contribution is 6.30. The van der Waals surface area contributed by atoms with Crippen LogP contribution in [0, 0.1) is 12.8 Å². The molecule has 0 bridgehead atoms. The molecule has 0 amide bonds. The van der Waals surface area contributed by atoms with Gasteiger partial charge in [0.2, 0.25) is 0 Å². The van der Waals surface area contributed by atoms with Gasteiger partial charge in [-0.2, -0.15) is 0 Å². The number of benzene rings is 1. The Morgan fingerprint density at radius 2 is 1.95 bits per heavy atom. The zero-order chi connectivity index (χ0) is 15.2. The fourth-order valence-corrected chi connectivity index (χ4v) is 2.12. The van der Waals surface area contributed by atoms with Gasteiger partial charge in [0.05, 0.1) is 6.54 Å². The lowest BCUT2D eigenvalue weighted by Crippen LogP contribution is -2.18. The summed E-state index contributed by atoms with van der Waals surface area (Å²) in [7, 11) is 0. The molecule has 1 heterocycles. The summed E-state index contributed by atoms with van der Waals surface area (Å²) in [4.78, 5) is 0. The van der Waals surface area contributed by atoms with E-state index in [0.29, 0.717) is 17.5 Å². The number of hydrogen-bond donors (Lipinski definition) is 1. The Morgan fingerprint density at radius 1 is 1.24 bits per heavy atom. The van der Waals surface area contributed by atoms with Crippen LogP contribution in [0.4, 0.5) is 0 Å². The molecule has 21 heavy (non-hydrogen) atoms. The van der Waals surface area contributed by atoms with Crippen molar-refractivity contribution in [1.82, 2.24) is 5.32 Å². The Balaban J connectivity index is 1.87. The van der Waals surface area contributed by atoms with E-state index in [9.17, 15) is 0 Å². The Labute approximate surface area is 131 Å². The van der Waals surface area contributed by atoms with Crippen LogP contribution in [-0.2, 0) is 13.2 Å². The first-order chi connectivity index (χ1) is 10.0. The molecule has 4 heteroatoms. The van der Waals surface area contributed by atoms with E-state index in [-0.39, 0.29) is 0 Å². The van der Waals surface area contributed by atoms with Gasteiger partial charge in [0.25, 0.3) is 0 Å². The van der Waals surface area contributed by atoms with Gasteiger partial charge in [-0.25, -0.2) is 0 Å². The van der Waals surface area contributed by atoms with Crippen molar-refractivity contribution in [2.45, 2.75) is 33.9 Å². The molecule has 3 nitrogen and oxygen atoms in total. The molecule has 0 spiro atoms. The molecule has 0 radical (unpaired) electrons. The molecule has 1 N–H and O–H groups in total. The van der Waals surface area contributed by atoms with E-state index in [1.54, 1.807) is 0 Å². The van der Waals surface area contributed by atoms with Crippen LogP contribution in [0.5, 0.6) is 5.75 Å². The third kappa shape index (κ3) is 5.10. The summed E-state index contributed by atoms with van der Waals surface area (Å²) >= 11 is 5.84. The molecule has 0 atom stereocenters. The maximum absolute atomic E-state index is 5.84. The number of rotatable bonds is 7. The van der Waals surface area contributed by atoms with Crippen molar-refractivity contribution in [3.8, 4) is 5.75 Å². The average Bonchev–Trinajstić information content (AvgIpc) is 2.78. The zero-order valence-corrected chi connectivity index (χ0v) is 13.5. The normalized spacial score (nSPS) is 11.1. The molecular weight excluding hydrogens is 286 g/mol. The van der Waals surface area contributed by atoms with Crippen molar-refractivity contribution in [1.29, 1.82) is 0 Å². The van der Waals surface area contributed by atoms with Crippen LogP contribution in [-0.4, -0.2) is 6.54 Å². The first kappa shape index (κ1) is 15.9. The van der Waals surface area contributed by atoms with Gasteiger partial charge in [0, 0.05) is 5.02 Å². The summed E-state index contributed by atoms with van der Waals surface area (Å²) in [5, 5.41) is 4.09. The van der Waals surface area contributed by atoms with Gasteiger partial charge >= 0.3 is 0 Å². The number of nitrogens with one attached hydrogen (secondary N) is 1. The lowest BCUT2D eigenvalue weighted by atomic mass is 10.2. The molecule has 1 aromatic carbocycles. The third-order valence-corrected chi connectivity index (χ3v) is 3.36. The number of aryl methyl sites for hydroxylation is 1. The monoisotopic (exact) mass is 307 g/mol. The average molecular weight is 308 g/mol. The molecule has 2 rings (SSSR count). The number of furan rings is 1. The molecule has 2 aromatic rings. The first-order valence-corrected chi connectivity index (χ1v) is 7.59. The van der Waals surface area contributed by atoms with Crippen molar-refractivity contribution in [3.63, 3.8) is 0 Å². The van der Waals surface area contributed by atoms with Gasteiger partial charge in [-0.05, 0) is 55.3 Å². The standard InChI is InChI=1S/C17H22ClNO2/c1-12(2)9-19-10-17-13(3)8-16(21-17)11-20-15-6-4-14(18)5-7-15/h4-8,12,19H,9-11H2,1-3H3. The van der Waals surface area contributed by atoms with E-state index in [1.807, 2.05) is 30.3 Å². The van der Waals surface area contributed by atoms with Gasteiger partial charge in [-0.1, -0.05) is 25.4 Å². The number of ether oxygens (including phenoxy) is 1. The fraction of sp³-hybridized carbons (Fsp3) is 0.412. The van der Waals surface area contributed by atoms with Gasteiger partial charge in [0.15, 0.2) is 0 Å². The highest BCUT2D eigenvalue weighted by atomic mass is 35.5. The van der Waals surface area contributed by atoms with Crippen molar-refractivity contribution >= 4 is 11.6 Å². The number of halogens is 1. The maximum Gasteiger partial charge on any atom is 0.146 e. The molecule has 0 aliphatic rings. The van der Waals surface area contributed by atoms with Crippen LogP contribution < -0.4 is 10.1 Å². The fourth-order valence-electron chi connectivity index (χ4n) is 2.00. The summed E-state index contributed by atoms with van der Waals surface area (Å²) in [6.07, 6.45) is 0. The van der Waals surface area contributed by atoms with Crippen LogP contribution in [0.15, 0.2) is 34.7 Å². The summed E-state index contributed by atoms with van der Waals surface area (Å²) in [6, 6.07) is 9.35. The highest BCUT2D eigenvalue weighted by Crippen LogP contribution is 2.19. The largest absolute Gasteiger partial charge is 0.486 e. The molecule has 0 fully saturated rings. The molecule has 1 aromatic heterocycles. The summed E-state index contributed by atoms with van der Waals surface area (Å²) in [5.74, 6) is 3.23. The van der Waals surface area contributed by atoms with Crippen molar-refractivity contribution < 1.29 is 9.15 Å². The predicted molar refractivity (Wildman–Crippen MR) is 85.8 cm³/mol. The molecule has 0 unspecified atom stereocenters. The minimum atomic E-state index is 0.423. The van der Waals surface area contributed by atoms with Crippen LogP contribution in [0.2, 0.25) is 5.02 Å². The van der Waals surface area contributed by atoms with E-state index in [1.165, 1.54) is 0 Å². The molecule has 0 saturated carbocycles. The molecule has 114 valence electrons. The Bertz CT molecular complexity index is 561. The Hall–Kier alpha value is -1.45. The summed E-state index contributed by atoms with van der Waals surface area (Å²) in [5.41, 5.74) is 1.15. The second-order valence-electron chi connectivity index (χ2n) is 5.59. The van der Waals surface area contributed by atoms with Crippen LogP contribution in [0.1, 0.15) is 30.9 Å². The van der Waals surface area contributed by atoms with Crippen LogP contribution in [0.25, 0.3) is 0 Å². The maximum atomic E-state index is 5.84. The molecular formula is C17H22ClNO2. The van der Waals surface area contributed by atoms with Gasteiger partial charge in [-0.15, -0.1) is 0 Å². The Morgan fingerprint density at radius 3 is 2.62 bits per heavy atom. The van der Waals surface area contributed by atoms with E-state index in [4.69, 9.17) is 20.8 Å². The van der Waals surface area contributed by atoms with Crippen LogP contribution in [0.3, 0.4) is 0 Å². The van der Waals surface area contributed by atoms with Crippen molar-refractivity contribution in [2.24, 2.45) is 5.92 Å². The SMILES string of the molecule is Cc1cc(COc2ccc(Cl)cc2)oc1CNCC(C)C. The highest BCUT2D eigenvalue weighted by Gasteiger charge is 2.08. The lowest BCUT2D eigenvalue weighted by molar-refractivity contribution is 0.265. The zero-order valence-electron chi connectivity index (χ0n) is 12.8. The number of hydrogen-bond acceptors (Lipinski definition) is 3. The second kappa shape index (κ2) is 7.53. The van der Waals surface area contributed by atoms with Gasteiger partial charge < -0.3 is 14.5 Å². The van der Waals surface area contributed by atoms with E-state index in [0.717, 1.165) is 35.9 Å². The predicted octanol–water partition coefficient (Wildman–Crippen LogP) is 4.57. The van der Waals surface area contributed by atoms with E-state index in [2.05, 4.69) is 26.1 Å². The molecule has 0 saturated heterocycles. The second-order valence-corrected chi connectivity index (χ2v) is 6.02. The minimum Gasteiger partial charge on any atom is -0.486 e. The third-order valence-electron chi connectivity index (χ3n) is 3.10. The minimum absolute atomic E-state index is 0.423. The first-order valence-electron chi connectivity index (χ1n) is 7.22. The molecule has 0 aliphatic heterocycles. The lowest BCUT2D eigenvalue weighted by Gasteiger charge is -2.06. The summed E-state index contributed by atoms with van der Waals surface area (Å²) in [6.45, 7) is 8.59. The smallest absolute Gasteiger partial charge is 0.146 e. The van der Waals surface area contributed by atoms with Gasteiger partial charge in [0.1, 0.15) is 23.9 Å².